The Kier molecular flexibility index (Phi) is 6.05. The van der Waals surface area contributed by atoms with Crippen LogP contribution in [0.2, 0.25) is 0 Å². The maximum atomic E-state index is 11.6. The molecule has 0 saturated carbocycles. The van der Waals surface area contributed by atoms with E-state index in [1.54, 1.807) is 0 Å². The Morgan fingerprint density at radius 1 is 1.56 bits per heavy atom. The molecule has 0 spiro atoms. The van der Waals surface area contributed by atoms with E-state index in [-0.39, 0.29) is 18.0 Å². The molecular formula is C13H26N2O3. The van der Waals surface area contributed by atoms with Gasteiger partial charge in [0.25, 0.3) is 0 Å². The van der Waals surface area contributed by atoms with Gasteiger partial charge >= 0.3 is 5.97 Å². The van der Waals surface area contributed by atoms with E-state index in [9.17, 15) is 9.90 Å². The second kappa shape index (κ2) is 7.07. The molecule has 1 rings (SSSR count). The molecule has 1 fully saturated rings. The number of nitrogens with zero attached hydrogens (tertiary/aromatic N) is 2. The normalized spacial score (nSPS) is 26.6. The van der Waals surface area contributed by atoms with Crippen LogP contribution in [-0.4, -0.2) is 73.4 Å². The lowest BCUT2D eigenvalue weighted by Gasteiger charge is -2.28. The molecule has 106 valence electrons. The van der Waals surface area contributed by atoms with Gasteiger partial charge < -0.3 is 14.7 Å². The average molecular weight is 258 g/mol. The maximum Gasteiger partial charge on any atom is 0.309 e. The minimum Gasteiger partial charge on any atom is -0.466 e. The largest absolute Gasteiger partial charge is 0.466 e. The predicted octanol–water partition coefficient (Wildman–Crippen LogP) is 0.182. The van der Waals surface area contributed by atoms with Crippen LogP contribution in [0.25, 0.3) is 0 Å². The van der Waals surface area contributed by atoms with Gasteiger partial charge in [-0.3, -0.25) is 9.69 Å². The standard InChI is InChI=1S/C13H26N2O3/c1-5-18-13(17)10(2)7-15-9-12(16)6-11(15)8-14(3)4/h10-12,16H,5-9H2,1-4H3. The number of rotatable bonds is 6. The summed E-state index contributed by atoms with van der Waals surface area (Å²) in [5.74, 6) is -0.289. The Morgan fingerprint density at radius 2 is 2.22 bits per heavy atom. The Labute approximate surface area is 110 Å². The summed E-state index contributed by atoms with van der Waals surface area (Å²) in [5, 5.41) is 9.76. The lowest BCUT2D eigenvalue weighted by molar-refractivity contribution is -0.148. The summed E-state index contributed by atoms with van der Waals surface area (Å²) in [4.78, 5) is 15.9. The molecular weight excluding hydrogens is 232 g/mol. The number of hydrogen-bond donors (Lipinski definition) is 1. The Morgan fingerprint density at radius 3 is 2.78 bits per heavy atom. The summed E-state index contributed by atoms with van der Waals surface area (Å²) in [6, 6.07) is 0.326. The third kappa shape index (κ3) is 4.55. The number of β-amino-alcohol motifs (C(OH)–C–C–N with tert-alkyl or cyclic N) is 1. The van der Waals surface area contributed by atoms with Gasteiger partial charge in [-0.05, 0) is 27.4 Å². The van der Waals surface area contributed by atoms with Gasteiger partial charge in [-0.15, -0.1) is 0 Å². The van der Waals surface area contributed by atoms with Gasteiger partial charge in [0.1, 0.15) is 0 Å². The van der Waals surface area contributed by atoms with Crippen molar-refractivity contribution in [2.45, 2.75) is 32.4 Å². The number of aliphatic hydroxyl groups is 1. The lowest BCUT2D eigenvalue weighted by atomic mass is 10.1. The monoisotopic (exact) mass is 258 g/mol. The second-order valence-electron chi connectivity index (χ2n) is 5.41. The van der Waals surface area contributed by atoms with E-state index >= 15 is 0 Å². The van der Waals surface area contributed by atoms with Crippen molar-refractivity contribution in [1.82, 2.24) is 9.80 Å². The van der Waals surface area contributed by atoms with Crippen LogP contribution in [0.3, 0.4) is 0 Å². The second-order valence-corrected chi connectivity index (χ2v) is 5.41. The third-order valence-electron chi connectivity index (χ3n) is 3.28. The summed E-state index contributed by atoms with van der Waals surface area (Å²) in [7, 11) is 4.05. The molecule has 1 saturated heterocycles. The van der Waals surface area contributed by atoms with Crippen molar-refractivity contribution >= 4 is 5.97 Å². The molecule has 0 amide bonds. The summed E-state index contributed by atoms with van der Waals surface area (Å²) >= 11 is 0. The number of carbonyl (C=O) groups excluding carboxylic acids is 1. The Bertz CT molecular complexity index is 271. The van der Waals surface area contributed by atoms with E-state index in [1.165, 1.54) is 0 Å². The van der Waals surface area contributed by atoms with E-state index in [1.807, 2.05) is 27.9 Å². The van der Waals surface area contributed by atoms with E-state index < -0.39 is 0 Å². The molecule has 0 aromatic carbocycles. The van der Waals surface area contributed by atoms with E-state index in [4.69, 9.17) is 4.74 Å². The molecule has 18 heavy (non-hydrogen) atoms. The minimum absolute atomic E-state index is 0.139. The van der Waals surface area contributed by atoms with Gasteiger partial charge in [-0.2, -0.15) is 0 Å². The Hall–Kier alpha value is -0.650. The van der Waals surface area contributed by atoms with Crippen molar-refractivity contribution in [2.24, 2.45) is 5.92 Å². The molecule has 3 unspecified atom stereocenters. The van der Waals surface area contributed by atoms with E-state index in [0.717, 1.165) is 13.0 Å². The first-order valence-corrected chi connectivity index (χ1v) is 6.67. The van der Waals surface area contributed by atoms with E-state index in [0.29, 0.717) is 25.7 Å². The molecule has 5 heteroatoms. The molecule has 1 aliphatic rings. The predicted molar refractivity (Wildman–Crippen MR) is 70.3 cm³/mol. The smallest absolute Gasteiger partial charge is 0.309 e. The first-order valence-electron chi connectivity index (χ1n) is 6.67. The fraction of sp³-hybridized carbons (Fsp3) is 0.923. The first-order chi connectivity index (χ1) is 8.43. The summed E-state index contributed by atoms with van der Waals surface area (Å²) < 4.78 is 5.02. The minimum atomic E-state index is -0.274. The molecule has 1 aliphatic heterocycles. The zero-order chi connectivity index (χ0) is 13.7. The van der Waals surface area contributed by atoms with Crippen LogP contribution in [0.5, 0.6) is 0 Å². The van der Waals surface area contributed by atoms with Gasteiger partial charge in [-0.1, -0.05) is 6.92 Å². The van der Waals surface area contributed by atoms with Crippen LogP contribution in [-0.2, 0) is 9.53 Å². The highest BCUT2D eigenvalue weighted by atomic mass is 16.5. The topological polar surface area (TPSA) is 53.0 Å². The van der Waals surface area contributed by atoms with Crippen molar-refractivity contribution in [2.75, 3.05) is 40.3 Å². The van der Waals surface area contributed by atoms with Gasteiger partial charge in [-0.25, -0.2) is 0 Å². The highest BCUT2D eigenvalue weighted by Crippen LogP contribution is 2.20. The quantitative estimate of drug-likeness (QED) is 0.689. The van der Waals surface area contributed by atoms with Crippen molar-refractivity contribution in [3.05, 3.63) is 0 Å². The van der Waals surface area contributed by atoms with Crippen molar-refractivity contribution in [1.29, 1.82) is 0 Å². The highest BCUT2D eigenvalue weighted by molar-refractivity contribution is 5.72. The highest BCUT2D eigenvalue weighted by Gasteiger charge is 2.33. The first kappa shape index (κ1) is 15.4. The molecule has 1 N–H and O–H groups in total. The average Bonchev–Trinajstić information content (AvgIpc) is 2.58. The van der Waals surface area contributed by atoms with Crippen LogP contribution in [0.1, 0.15) is 20.3 Å². The molecule has 3 atom stereocenters. The molecule has 0 aliphatic carbocycles. The summed E-state index contributed by atoms with van der Waals surface area (Å²) in [6.45, 7) is 6.35. The number of carbonyl (C=O) groups is 1. The zero-order valence-electron chi connectivity index (χ0n) is 11.9. The van der Waals surface area contributed by atoms with Crippen LogP contribution >= 0.6 is 0 Å². The van der Waals surface area contributed by atoms with Crippen LogP contribution < -0.4 is 0 Å². The van der Waals surface area contributed by atoms with Crippen LogP contribution in [0.15, 0.2) is 0 Å². The van der Waals surface area contributed by atoms with Crippen molar-refractivity contribution in [3.63, 3.8) is 0 Å². The fourth-order valence-electron chi connectivity index (χ4n) is 2.50. The molecule has 0 aromatic rings. The number of aliphatic hydroxyl groups excluding tert-OH is 1. The number of likely N-dealkylation sites (N-methyl/N-ethyl adjacent to an activating group) is 1. The third-order valence-corrected chi connectivity index (χ3v) is 3.28. The SMILES string of the molecule is CCOC(=O)C(C)CN1CC(O)CC1CN(C)C. The lowest BCUT2D eigenvalue weighted by Crippen LogP contribution is -2.41. The summed E-state index contributed by atoms with van der Waals surface area (Å²) in [5.41, 5.74) is 0. The van der Waals surface area contributed by atoms with Crippen molar-refractivity contribution < 1.29 is 14.6 Å². The van der Waals surface area contributed by atoms with Gasteiger partial charge in [0, 0.05) is 25.7 Å². The number of hydrogen-bond acceptors (Lipinski definition) is 5. The molecule has 0 radical (unpaired) electrons. The van der Waals surface area contributed by atoms with Crippen LogP contribution in [0, 0.1) is 5.92 Å². The van der Waals surface area contributed by atoms with Crippen molar-refractivity contribution in [3.8, 4) is 0 Å². The van der Waals surface area contributed by atoms with Crippen LogP contribution in [0.4, 0.5) is 0 Å². The van der Waals surface area contributed by atoms with E-state index in [2.05, 4.69) is 9.80 Å². The molecule has 5 nitrogen and oxygen atoms in total. The van der Waals surface area contributed by atoms with Gasteiger partial charge in [0.2, 0.25) is 0 Å². The summed E-state index contributed by atoms with van der Waals surface area (Å²) in [6.07, 6.45) is 0.512. The Balaban J connectivity index is 2.50. The van der Waals surface area contributed by atoms with Gasteiger partial charge in [0.15, 0.2) is 0 Å². The fourth-order valence-corrected chi connectivity index (χ4v) is 2.50. The number of likely N-dealkylation sites (tertiary alicyclic amines) is 1. The van der Waals surface area contributed by atoms with Gasteiger partial charge in [0.05, 0.1) is 18.6 Å². The maximum absolute atomic E-state index is 11.6. The number of esters is 1. The molecule has 0 aromatic heterocycles. The molecule has 0 bridgehead atoms. The number of ether oxygens (including phenoxy) is 1. The molecule has 1 heterocycles. The zero-order valence-corrected chi connectivity index (χ0v) is 11.9.